The molecule has 0 amide bonds. The number of benzene rings is 2. The van der Waals surface area contributed by atoms with E-state index in [0.717, 1.165) is 16.8 Å². The van der Waals surface area contributed by atoms with Gasteiger partial charge in [-0.15, -0.1) is 0 Å². The van der Waals surface area contributed by atoms with Crippen molar-refractivity contribution < 1.29 is 4.74 Å². The Bertz CT molecular complexity index is 820. The van der Waals surface area contributed by atoms with E-state index < -0.39 is 0 Å². The molecule has 0 aliphatic heterocycles. The summed E-state index contributed by atoms with van der Waals surface area (Å²) in [6.45, 7) is 0. The summed E-state index contributed by atoms with van der Waals surface area (Å²) < 4.78 is 6.62. The second kappa shape index (κ2) is 4.74. The lowest BCUT2D eigenvalue weighted by molar-refractivity contribution is 0.414. The maximum Gasteiger partial charge on any atom is 0.264 e. The van der Waals surface area contributed by atoms with Gasteiger partial charge >= 0.3 is 0 Å². The minimum absolute atomic E-state index is 0.120. The van der Waals surface area contributed by atoms with Crippen molar-refractivity contribution >= 4 is 16.6 Å². The molecule has 3 aromatic rings. The van der Waals surface area contributed by atoms with E-state index in [4.69, 9.17) is 10.5 Å². The molecule has 0 saturated heterocycles. The quantitative estimate of drug-likeness (QED) is 0.775. The topological polar surface area (TPSA) is 57.2 Å². The Labute approximate surface area is 116 Å². The monoisotopic (exact) mass is 266 g/mol. The molecule has 20 heavy (non-hydrogen) atoms. The molecule has 4 heteroatoms. The van der Waals surface area contributed by atoms with Crippen molar-refractivity contribution in [2.75, 3.05) is 12.8 Å². The van der Waals surface area contributed by atoms with Gasteiger partial charge in [0.15, 0.2) is 0 Å². The van der Waals surface area contributed by atoms with E-state index in [-0.39, 0.29) is 5.56 Å². The van der Waals surface area contributed by atoms with Crippen LogP contribution in [0.15, 0.2) is 59.4 Å². The van der Waals surface area contributed by atoms with Crippen LogP contribution in [0.3, 0.4) is 0 Å². The molecule has 1 aromatic heterocycles. The summed E-state index contributed by atoms with van der Waals surface area (Å²) in [4.78, 5) is 12.6. The number of aromatic nitrogens is 1. The zero-order valence-corrected chi connectivity index (χ0v) is 11.0. The molecule has 0 radical (unpaired) electrons. The number of nitrogens with two attached hydrogens (primary N) is 1. The SMILES string of the molecule is COc1ccc(-n2c(N)cc3ccccc3c2=O)cc1. The van der Waals surface area contributed by atoms with Crippen LogP contribution in [0.4, 0.5) is 5.82 Å². The van der Waals surface area contributed by atoms with E-state index in [1.165, 1.54) is 4.57 Å². The van der Waals surface area contributed by atoms with E-state index >= 15 is 0 Å². The van der Waals surface area contributed by atoms with Gasteiger partial charge in [-0.05, 0) is 41.8 Å². The summed E-state index contributed by atoms with van der Waals surface area (Å²) in [5.74, 6) is 1.15. The number of hydrogen-bond donors (Lipinski definition) is 1. The predicted octanol–water partition coefficient (Wildman–Crippen LogP) is 2.58. The second-order valence-electron chi connectivity index (χ2n) is 4.50. The van der Waals surface area contributed by atoms with Gasteiger partial charge in [-0.25, -0.2) is 0 Å². The molecule has 0 bridgehead atoms. The molecule has 0 aliphatic rings. The van der Waals surface area contributed by atoms with Crippen molar-refractivity contribution in [2.45, 2.75) is 0 Å². The summed E-state index contributed by atoms with van der Waals surface area (Å²) in [5.41, 5.74) is 6.62. The Morgan fingerprint density at radius 2 is 1.75 bits per heavy atom. The number of nitrogen functional groups attached to an aromatic ring is 1. The third kappa shape index (κ3) is 1.91. The first-order valence-corrected chi connectivity index (χ1v) is 6.25. The Kier molecular flexibility index (Phi) is 2.91. The van der Waals surface area contributed by atoms with Gasteiger partial charge in [-0.1, -0.05) is 18.2 Å². The first-order valence-electron chi connectivity index (χ1n) is 6.25. The molecule has 0 fully saturated rings. The van der Waals surface area contributed by atoms with Gasteiger partial charge in [-0.3, -0.25) is 9.36 Å². The summed E-state index contributed by atoms with van der Waals surface area (Å²) in [5, 5.41) is 1.50. The van der Waals surface area contributed by atoms with Crippen LogP contribution in [-0.4, -0.2) is 11.7 Å². The third-order valence-electron chi connectivity index (χ3n) is 3.29. The van der Waals surface area contributed by atoms with Crippen molar-refractivity contribution in [3.05, 3.63) is 65.0 Å². The number of pyridine rings is 1. The van der Waals surface area contributed by atoms with Crippen LogP contribution in [0, 0.1) is 0 Å². The van der Waals surface area contributed by atoms with Crippen molar-refractivity contribution in [1.82, 2.24) is 4.57 Å². The fraction of sp³-hybridized carbons (Fsp3) is 0.0625. The van der Waals surface area contributed by atoms with E-state index in [2.05, 4.69) is 0 Å². The molecule has 0 aliphatic carbocycles. The number of fused-ring (bicyclic) bond motifs is 1. The van der Waals surface area contributed by atoms with E-state index in [1.54, 1.807) is 31.4 Å². The van der Waals surface area contributed by atoms with Crippen LogP contribution < -0.4 is 16.0 Å². The lowest BCUT2D eigenvalue weighted by atomic mass is 10.1. The molecule has 4 nitrogen and oxygen atoms in total. The highest BCUT2D eigenvalue weighted by Gasteiger charge is 2.08. The molecule has 1 heterocycles. The first kappa shape index (κ1) is 12.3. The standard InChI is InChI=1S/C16H14N2O2/c1-20-13-8-6-12(7-9-13)18-15(17)10-11-4-2-3-5-14(11)16(18)19/h2-10H,17H2,1H3. The molecule has 0 unspecified atom stereocenters. The van der Waals surface area contributed by atoms with Crippen LogP contribution in [-0.2, 0) is 0 Å². The van der Waals surface area contributed by atoms with Crippen LogP contribution in [0.25, 0.3) is 16.5 Å². The summed E-state index contributed by atoms with van der Waals surface area (Å²) in [7, 11) is 1.60. The van der Waals surface area contributed by atoms with E-state index in [9.17, 15) is 4.79 Å². The van der Waals surface area contributed by atoms with E-state index in [0.29, 0.717) is 11.2 Å². The summed E-state index contributed by atoms with van der Waals surface area (Å²) in [6.07, 6.45) is 0. The van der Waals surface area contributed by atoms with Crippen molar-refractivity contribution in [1.29, 1.82) is 0 Å². The maximum atomic E-state index is 12.6. The second-order valence-corrected chi connectivity index (χ2v) is 4.50. The fourth-order valence-corrected chi connectivity index (χ4v) is 2.28. The minimum atomic E-state index is -0.120. The zero-order valence-electron chi connectivity index (χ0n) is 11.0. The predicted molar refractivity (Wildman–Crippen MR) is 80.5 cm³/mol. The molecular weight excluding hydrogens is 252 g/mol. The maximum absolute atomic E-state index is 12.6. The van der Waals surface area contributed by atoms with Crippen LogP contribution in [0.2, 0.25) is 0 Å². The molecule has 100 valence electrons. The number of methoxy groups -OCH3 is 1. The molecule has 0 atom stereocenters. The summed E-state index contributed by atoms with van der Waals surface area (Å²) >= 11 is 0. The molecule has 3 rings (SSSR count). The van der Waals surface area contributed by atoms with Gasteiger partial charge in [0.1, 0.15) is 11.6 Å². The lowest BCUT2D eigenvalue weighted by Gasteiger charge is -2.11. The third-order valence-corrected chi connectivity index (χ3v) is 3.29. The van der Waals surface area contributed by atoms with Crippen molar-refractivity contribution in [3.63, 3.8) is 0 Å². The Balaban J connectivity index is 2.27. The fourth-order valence-electron chi connectivity index (χ4n) is 2.28. The number of hydrogen-bond acceptors (Lipinski definition) is 3. The Hall–Kier alpha value is -2.75. The van der Waals surface area contributed by atoms with Crippen LogP contribution >= 0.6 is 0 Å². The van der Waals surface area contributed by atoms with E-state index in [1.807, 2.05) is 30.3 Å². The van der Waals surface area contributed by atoms with Gasteiger partial charge < -0.3 is 10.5 Å². The zero-order chi connectivity index (χ0) is 14.1. The highest BCUT2D eigenvalue weighted by atomic mass is 16.5. The van der Waals surface area contributed by atoms with Gasteiger partial charge in [-0.2, -0.15) is 0 Å². The van der Waals surface area contributed by atoms with Gasteiger partial charge in [0.05, 0.1) is 12.8 Å². The van der Waals surface area contributed by atoms with Gasteiger partial charge in [0.25, 0.3) is 5.56 Å². The molecule has 0 saturated carbocycles. The number of nitrogens with zero attached hydrogens (tertiary/aromatic N) is 1. The van der Waals surface area contributed by atoms with Crippen LogP contribution in [0.1, 0.15) is 0 Å². The molecular formula is C16H14N2O2. The Morgan fingerprint density at radius 3 is 2.45 bits per heavy atom. The van der Waals surface area contributed by atoms with Crippen LogP contribution in [0.5, 0.6) is 5.75 Å². The molecule has 2 aromatic carbocycles. The van der Waals surface area contributed by atoms with Crippen molar-refractivity contribution in [2.24, 2.45) is 0 Å². The average Bonchev–Trinajstić information content (AvgIpc) is 2.48. The number of rotatable bonds is 2. The number of ether oxygens (including phenoxy) is 1. The minimum Gasteiger partial charge on any atom is -0.497 e. The highest BCUT2D eigenvalue weighted by Crippen LogP contribution is 2.19. The largest absolute Gasteiger partial charge is 0.497 e. The smallest absolute Gasteiger partial charge is 0.264 e. The normalized spacial score (nSPS) is 10.7. The molecule has 0 spiro atoms. The average molecular weight is 266 g/mol. The van der Waals surface area contributed by atoms with Gasteiger partial charge in [0, 0.05) is 5.39 Å². The highest BCUT2D eigenvalue weighted by molar-refractivity contribution is 5.84. The first-order chi connectivity index (χ1) is 9.70. The Morgan fingerprint density at radius 1 is 1.05 bits per heavy atom. The van der Waals surface area contributed by atoms with Crippen molar-refractivity contribution in [3.8, 4) is 11.4 Å². The van der Waals surface area contributed by atoms with Gasteiger partial charge in [0.2, 0.25) is 0 Å². The number of anilines is 1. The summed E-state index contributed by atoms with van der Waals surface area (Å²) in [6, 6.07) is 16.4. The lowest BCUT2D eigenvalue weighted by Crippen LogP contribution is -2.21. The molecule has 2 N–H and O–H groups in total.